The summed E-state index contributed by atoms with van der Waals surface area (Å²) in [5, 5.41) is 12.1. The number of hydrogen-bond acceptors (Lipinski definition) is 6. The summed E-state index contributed by atoms with van der Waals surface area (Å²) in [5.74, 6) is 0.442. The lowest BCUT2D eigenvalue weighted by molar-refractivity contribution is 0.410. The van der Waals surface area contributed by atoms with Crippen molar-refractivity contribution in [3.63, 3.8) is 0 Å². The molecule has 0 aliphatic heterocycles. The second kappa shape index (κ2) is 6.27. The minimum absolute atomic E-state index is 0.160. The van der Waals surface area contributed by atoms with Crippen molar-refractivity contribution in [2.24, 2.45) is 0 Å². The normalized spacial score (nSPS) is 11.2. The molecule has 0 spiro atoms. The van der Waals surface area contributed by atoms with Crippen LogP contribution >= 0.6 is 0 Å². The first-order chi connectivity index (χ1) is 9.62. The van der Waals surface area contributed by atoms with Crippen LogP contribution in [0, 0.1) is 11.3 Å². The number of nitrogens with zero attached hydrogens (tertiary/aromatic N) is 3. The topological polar surface area (TPSA) is 109 Å². The average Bonchev–Trinajstić information content (AvgIpc) is 2.93. The zero-order chi connectivity index (χ0) is 14.4. The van der Waals surface area contributed by atoms with Crippen molar-refractivity contribution in [2.75, 3.05) is 6.54 Å². The Morgan fingerprint density at radius 1 is 1.30 bits per heavy atom. The Hall–Kier alpha value is -2.24. The van der Waals surface area contributed by atoms with E-state index in [1.807, 2.05) is 6.07 Å². The Balaban J connectivity index is 1.97. The van der Waals surface area contributed by atoms with Crippen molar-refractivity contribution in [3.8, 4) is 6.07 Å². The SMILES string of the molecule is N#CCc1ccc(S(=O)(=O)NCCc2ncon2)cc1. The summed E-state index contributed by atoms with van der Waals surface area (Å²) in [5.41, 5.74) is 0.776. The summed E-state index contributed by atoms with van der Waals surface area (Å²) in [6.45, 7) is 0.182. The molecule has 0 fully saturated rings. The number of aromatic nitrogens is 2. The van der Waals surface area contributed by atoms with E-state index >= 15 is 0 Å². The monoisotopic (exact) mass is 292 g/mol. The lowest BCUT2D eigenvalue weighted by Gasteiger charge is -2.06. The summed E-state index contributed by atoms with van der Waals surface area (Å²) in [6.07, 6.45) is 1.80. The van der Waals surface area contributed by atoms with E-state index in [1.54, 1.807) is 12.1 Å². The molecular weight excluding hydrogens is 280 g/mol. The maximum absolute atomic E-state index is 12.0. The number of nitrogens with one attached hydrogen (secondary N) is 1. The molecule has 2 aromatic rings. The highest BCUT2D eigenvalue weighted by Crippen LogP contribution is 2.10. The van der Waals surface area contributed by atoms with Gasteiger partial charge in [0.05, 0.1) is 17.4 Å². The second-order valence-corrected chi connectivity index (χ2v) is 5.74. The summed E-state index contributed by atoms with van der Waals surface area (Å²) in [6, 6.07) is 8.20. The van der Waals surface area contributed by atoms with E-state index in [9.17, 15) is 8.42 Å². The van der Waals surface area contributed by atoms with Crippen molar-refractivity contribution in [1.29, 1.82) is 5.26 Å². The van der Waals surface area contributed by atoms with Gasteiger partial charge in [-0.3, -0.25) is 0 Å². The maximum Gasteiger partial charge on any atom is 0.240 e. The van der Waals surface area contributed by atoms with E-state index in [4.69, 9.17) is 5.26 Å². The Morgan fingerprint density at radius 3 is 2.65 bits per heavy atom. The fraction of sp³-hybridized carbons (Fsp3) is 0.250. The Morgan fingerprint density at radius 2 is 2.05 bits per heavy atom. The van der Waals surface area contributed by atoms with Crippen LogP contribution in [0.5, 0.6) is 0 Å². The van der Waals surface area contributed by atoms with Crippen molar-refractivity contribution in [2.45, 2.75) is 17.7 Å². The van der Waals surface area contributed by atoms with E-state index in [-0.39, 0.29) is 17.9 Å². The molecule has 1 N–H and O–H groups in total. The molecule has 0 atom stereocenters. The quantitative estimate of drug-likeness (QED) is 0.837. The van der Waals surface area contributed by atoms with Gasteiger partial charge in [0, 0.05) is 13.0 Å². The van der Waals surface area contributed by atoms with Gasteiger partial charge in [-0.25, -0.2) is 13.1 Å². The fourth-order valence-corrected chi connectivity index (χ4v) is 2.59. The molecule has 0 amide bonds. The molecule has 2 rings (SSSR count). The first-order valence-electron chi connectivity index (χ1n) is 5.82. The van der Waals surface area contributed by atoms with Gasteiger partial charge in [-0.1, -0.05) is 17.3 Å². The summed E-state index contributed by atoms with van der Waals surface area (Å²) >= 11 is 0. The molecule has 1 aromatic heterocycles. The third-order valence-electron chi connectivity index (χ3n) is 2.56. The van der Waals surface area contributed by atoms with E-state index in [0.717, 1.165) is 5.56 Å². The minimum Gasteiger partial charge on any atom is -0.343 e. The van der Waals surface area contributed by atoms with Gasteiger partial charge >= 0.3 is 0 Å². The van der Waals surface area contributed by atoms with Crippen molar-refractivity contribution >= 4 is 10.0 Å². The predicted octanol–water partition coefficient (Wildman–Crippen LogP) is 0.657. The third kappa shape index (κ3) is 3.63. The summed E-state index contributed by atoms with van der Waals surface area (Å²) in [7, 11) is -3.56. The summed E-state index contributed by atoms with van der Waals surface area (Å²) < 4.78 is 31.0. The van der Waals surface area contributed by atoms with Crippen LogP contribution in [-0.2, 0) is 22.9 Å². The number of sulfonamides is 1. The molecule has 1 heterocycles. The largest absolute Gasteiger partial charge is 0.343 e. The second-order valence-electron chi connectivity index (χ2n) is 3.97. The van der Waals surface area contributed by atoms with Gasteiger partial charge in [0.1, 0.15) is 0 Å². The highest BCUT2D eigenvalue weighted by Gasteiger charge is 2.13. The van der Waals surface area contributed by atoms with Gasteiger partial charge in [0.25, 0.3) is 0 Å². The Kier molecular flexibility index (Phi) is 4.45. The van der Waals surface area contributed by atoms with Crippen LogP contribution < -0.4 is 4.72 Å². The standard InChI is InChI=1S/C12H12N4O3S/c13-7-5-10-1-3-11(4-2-10)20(17,18)15-8-6-12-14-9-19-16-12/h1-4,9,15H,5-6,8H2. The fourth-order valence-electron chi connectivity index (χ4n) is 1.56. The predicted molar refractivity (Wildman–Crippen MR) is 68.9 cm³/mol. The van der Waals surface area contributed by atoms with Crippen molar-refractivity contribution < 1.29 is 12.9 Å². The van der Waals surface area contributed by atoms with E-state index < -0.39 is 10.0 Å². The highest BCUT2D eigenvalue weighted by molar-refractivity contribution is 7.89. The molecule has 0 bridgehead atoms. The van der Waals surface area contributed by atoms with Gasteiger partial charge in [-0.15, -0.1) is 0 Å². The highest BCUT2D eigenvalue weighted by atomic mass is 32.2. The smallest absolute Gasteiger partial charge is 0.240 e. The molecule has 0 unspecified atom stereocenters. The van der Waals surface area contributed by atoms with Crippen LogP contribution in [0.1, 0.15) is 11.4 Å². The lowest BCUT2D eigenvalue weighted by Crippen LogP contribution is -2.26. The van der Waals surface area contributed by atoms with Crippen LogP contribution in [0.25, 0.3) is 0 Å². The first-order valence-corrected chi connectivity index (χ1v) is 7.31. The number of nitriles is 1. The van der Waals surface area contributed by atoms with Gasteiger partial charge in [0.15, 0.2) is 5.82 Å². The lowest BCUT2D eigenvalue weighted by atomic mass is 10.2. The molecule has 20 heavy (non-hydrogen) atoms. The molecule has 0 aliphatic carbocycles. The van der Waals surface area contributed by atoms with Gasteiger partial charge in [-0.2, -0.15) is 10.2 Å². The van der Waals surface area contributed by atoms with Crippen LogP contribution in [-0.4, -0.2) is 25.1 Å². The molecule has 1 aromatic carbocycles. The van der Waals surface area contributed by atoms with E-state index in [0.29, 0.717) is 12.2 Å². The maximum atomic E-state index is 12.0. The third-order valence-corrected chi connectivity index (χ3v) is 4.04. The Labute approximate surface area is 116 Å². The van der Waals surface area contributed by atoms with Gasteiger partial charge < -0.3 is 4.52 Å². The van der Waals surface area contributed by atoms with E-state index in [2.05, 4.69) is 19.4 Å². The van der Waals surface area contributed by atoms with E-state index in [1.165, 1.54) is 18.5 Å². The zero-order valence-corrected chi connectivity index (χ0v) is 11.3. The Bertz CT molecular complexity index is 687. The molecule has 104 valence electrons. The van der Waals surface area contributed by atoms with Crippen molar-refractivity contribution in [1.82, 2.24) is 14.9 Å². The first kappa shape index (κ1) is 14.2. The number of rotatable bonds is 6. The molecule has 0 saturated heterocycles. The minimum atomic E-state index is -3.56. The van der Waals surface area contributed by atoms with Gasteiger partial charge in [-0.05, 0) is 17.7 Å². The molecular formula is C12H12N4O3S. The molecule has 0 radical (unpaired) electrons. The molecule has 8 heteroatoms. The molecule has 0 aliphatic rings. The van der Waals surface area contributed by atoms with Crippen LogP contribution in [0.3, 0.4) is 0 Å². The van der Waals surface area contributed by atoms with Crippen LogP contribution in [0.4, 0.5) is 0 Å². The number of hydrogen-bond donors (Lipinski definition) is 1. The zero-order valence-electron chi connectivity index (χ0n) is 10.5. The van der Waals surface area contributed by atoms with Gasteiger partial charge in [0.2, 0.25) is 16.4 Å². The van der Waals surface area contributed by atoms with Crippen molar-refractivity contribution in [3.05, 3.63) is 42.0 Å². The molecule has 7 nitrogen and oxygen atoms in total. The van der Waals surface area contributed by atoms with Crippen LogP contribution in [0.2, 0.25) is 0 Å². The molecule has 0 saturated carbocycles. The summed E-state index contributed by atoms with van der Waals surface area (Å²) in [4.78, 5) is 3.96. The average molecular weight is 292 g/mol. The van der Waals surface area contributed by atoms with Crippen LogP contribution in [0.15, 0.2) is 40.1 Å². The number of benzene rings is 1.